The normalized spacial score (nSPS) is 11.6. The zero-order valence-corrected chi connectivity index (χ0v) is 22.0. The lowest BCUT2D eigenvalue weighted by Gasteiger charge is -2.25. The highest BCUT2D eigenvalue weighted by Crippen LogP contribution is 2.45. The first-order valence-electron chi connectivity index (χ1n) is 13.2. The molecule has 0 aliphatic rings. The summed E-state index contributed by atoms with van der Waals surface area (Å²) >= 11 is 1.87. The highest BCUT2D eigenvalue weighted by Gasteiger charge is 2.20. The van der Waals surface area contributed by atoms with Gasteiger partial charge in [-0.25, -0.2) is 0 Å². The van der Waals surface area contributed by atoms with Crippen molar-refractivity contribution in [3.05, 3.63) is 146 Å². The van der Waals surface area contributed by atoms with Gasteiger partial charge in [0.15, 0.2) is 0 Å². The van der Waals surface area contributed by atoms with Crippen LogP contribution in [0.3, 0.4) is 0 Å². The van der Waals surface area contributed by atoms with Gasteiger partial charge in [0.1, 0.15) is 0 Å². The zero-order valence-electron chi connectivity index (χ0n) is 21.2. The van der Waals surface area contributed by atoms with Crippen LogP contribution in [-0.2, 0) is 0 Å². The molecule has 39 heavy (non-hydrogen) atoms. The van der Waals surface area contributed by atoms with Crippen molar-refractivity contribution in [2.75, 3.05) is 4.90 Å². The lowest BCUT2D eigenvalue weighted by atomic mass is 10.0. The summed E-state index contributed by atoms with van der Waals surface area (Å²) in [6, 6.07) is 52.3. The summed E-state index contributed by atoms with van der Waals surface area (Å²) in [4.78, 5) is 2.34. The fourth-order valence-electron chi connectivity index (χ4n) is 5.91. The van der Waals surface area contributed by atoms with Gasteiger partial charge in [-0.15, -0.1) is 11.3 Å². The number of hydrogen-bond acceptors (Lipinski definition) is 2. The maximum atomic E-state index is 2.41. The third kappa shape index (κ3) is 3.48. The van der Waals surface area contributed by atoms with Crippen molar-refractivity contribution in [3.63, 3.8) is 0 Å². The average molecular weight is 517 g/mol. The van der Waals surface area contributed by atoms with E-state index in [1.54, 1.807) is 0 Å². The van der Waals surface area contributed by atoms with E-state index in [0.29, 0.717) is 0 Å². The van der Waals surface area contributed by atoms with Crippen LogP contribution >= 0.6 is 11.3 Å². The molecule has 0 radical (unpaired) electrons. The summed E-state index contributed by atoms with van der Waals surface area (Å²) in [5.74, 6) is 0. The van der Waals surface area contributed by atoms with Crippen molar-refractivity contribution in [1.82, 2.24) is 4.57 Å². The average Bonchev–Trinajstić information content (AvgIpc) is 3.54. The molecule has 0 unspecified atom stereocenters. The number of fused-ring (bicyclic) bond motifs is 7. The van der Waals surface area contributed by atoms with Gasteiger partial charge in [0, 0.05) is 53.7 Å². The Morgan fingerprint density at radius 2 is 1.05 bits per heavy atom. The van der Waals surface area contributed by atoms with E-state index in [2.05, 4.69) is 155 Å². The Hall–Kier alpha value is -4.86. The molecule has 2 aromatic heterocycles. The van der Waals surface area contributed by atoms with Crippen LogP contribution in [0.2, 0.25) is 0 Å². The largest absolute Gasteiger partial charge is 0.310 e. The molecule has 0 aliphatic carbocycles. The second-order valence-electron chi connectivity index (χ2n) is 9.81. The number of aromatic nitrogens is 1. The smallest absolute Gasteiger partial charge is 0.0548 e. The Bertz CT molecular complexity index is 2070. The van der Waals surface area contributed by atoms with Crippen molar-refractivity contribution in [2.45, 2.75) is 0 Å². The first-order chi connectivity index (χ1) is 19.4. The summed E-state index contributed by atoms with van der Waals surface area (Å²) in [5.41, 5.74) is 7.04. The number of nitrogens with zero attached hydrogens (tertiary/aromatic N) is 2. The molecule has 184 valence electrons. The molecule has 6 aromatic carbocycles. The van der Waals surface area contributed by atoms with E-state index in [4.69, 9.17) is 0 Å². The summed E-state index contributed by atoms with van der Waals surface area (Å²) in [5, 5.41) is 5.24. The van der Waals surface area contributed by atoms with E-state index >= 15 is 0 Å². The maximum absolute atomic E-state index is 2.41. The number of rotatable bonds is 4. The van der Waals surface area contributed by atoms with Crippen LogP contribution in [0.5, 0.6) is 0 Å². The molecule has 0 atom stereocenters. The van der Waals surface area contributed by atoms with Gasteiger partial charge in [-0.05, 0) is 72.8 Å². The fourth-order valence-corrected chi connectivity index (χ4v) is 7.02. The Morgan fingerprint density at radius 3 is 1.77 bits per heavy atom. The van der Waals surface area contributed by atoms with Crippen LogP contribution in [0.4, 0.5) is 17.1 Å². The van der Waals surface area contributed by atoms with Crippen molar-refractivity contribution in [2.24, 2.45) is 0 Å². The van der Waals surface area contributed by atoms with Gasteiger partial charge in [-0.3, -0.25) is 0 Å². The minimum Gasteiger partial charge on any atom is -0.310 e. The van der Waals surface area contributed by atoms with E-state index < -0.39 is 0 Å². The van der Waals surface area contributed by atoms with Crippen LogP contribution in [0, 0.1) is 0 Å². The van der Waals surface area contributed by atoms with Gasteiger partial charge in [-0.2, -0.15) is 0 Å². The monoisotopic (exact) mass is 516 g/mol. The lowest BCUT2D eigenvalue weighted by Crippen LogP contribution is -2.09. The molecule has 2 heterocycles. The number of hydrogen-bond donors (Lipinski definition) is 0. The maximum Gasteiger partial charge on any atom is 0.0548 e. The molecule has 0 saturated carbocycles. The minimum absolute atomic E-state index is 1.14. The number of benzene rings is 6. The molecule has 3 heteroatoms. The van der Waals surface area contributed by atoms with Crippen LogP contribution in [0.1, 0.15) is 0 Å². The van der Waals surface area contributed by atoms with Gasteiger partial charge in [0.2, 0.25) is 0 Å². The third-order valence-electron chi connectivity index (χ3n) is 7.55. The molecule has 0 bridgehead atoms. The van der Waals surface area contributed by atoms with Gasteiger partial charge >= 0.3 is 0 Å². The Morgan fingerprint density at radius 1 is 0.436 bits per heavy atom. The molecule has 2 nitrogen and oxygen atoms in total. The predicted octanol–water partition coefficient (Wildman–Crippen LogP) is 10.6. The van der Waals surface area contributed by atoms with Crippen LogP contribution in [0.25, 0.3) is 47.7 Å². The van der Waals surface area contributed by atoms with Gasteiger partial charge in [0.25, 0.3) is 0 Å². The van der Waals surface area contributed by atoms with Crippen molar-refractivity contribution in [1.29, 1.82) is 0 Å². The zero-order chi connectivity index (χ0) is 25.8. The molecule has 0 spiro atoms. The molecule has 0 saturated heterocycles. The topological polar surface area (TPSA) is 8.17 Å². The SMILES string of the molecule is c1ccc(N(c2ccccc2)c2ccc3c(c2)c2c4c(ccc2n3-c2ccccc2)sc2ccccc24)cc1. The summed E-state index contributed by atoms with van der Waals surface area (Å²) in [6.45, 7) is 0. The van der Waals surface area contributed by atoms with Crippen molar-refractivity contribution in [3.8, 4) is 5.69 Å². The number of anilines is 3. The summed E-state index contributed by atoms with van der Waals surface area (Å²) < 4.78 is 5.06. The first kappa shape index (κ1) is 22.2. The second kappa shape index (κ2) is 8.87. The van der Waals surface area contributed by atoms with E-state index in [0.717, 1.165) is 17.1 Å². The molecule has 0 fully saturated rings. The lowest BCUT2D eigenvalue weighted by molar-refractivity contribution is 1.18. The molecular weight excluding hydrogens is 492 g/mol. The molecule has 0 amide bonds. The first-order valence-corrected chi connectivity index (χ1v) is 14.0. The molecule has 0 N–H and O–H groups in total. The quantitative estimate of drug-likeness (QED) is 0.226. The highest BCUT2D eigenvalue weighted by molar-refractivity contribution is 7.26. The number of para-hydroxylation sites is 3. The van der Waals surface area contributed by atoms with Gasteiger partial charge < -0.3 is 9.47 Å². The second-order valence-corrected chi connectivity index (χ2v) is 10.9. The number of thiophene rings is 1. The molecule has 8 aromatic rings. The molecular formula is C36H24N2S. The van der Waals surface area contributed by atoms with Crippen molar-refractivity contribution >= 4 is 70.4 Å². The predicted molar refractivity (Wildman–Crippen MR) is 168 cm³/mol. The standard InChI is InChI=1S/C36H24N2S/c1-4-12-25(13-5-1)37(26-14-6-2-7-15-26)28-20-21-31-30(24-28)35-32(38(31)27-16-8-3-9-17-27)22-23-34-36(35)29-18-10-11-19-33(29)39-34/h1-24H. The van der Waals surface area contributed by atoms with E-state index in [-0.39, 0.29) is 0 Å². The van der Waals surface area contributed by atoms with Crippen LogP contribution in [0.15, 0.2) is 146 Å². The van der Waals surface area contributed by atoms with Crippen LogP contribution in [-0.4, -0.2) is 4.57 Å². The minimum atomic E-state index is 1.14. The van der Waals surface area contributed by atoms with Gasteiger partial charge in [-0.1, -0.05) is 72.8 Å². The fraction of sp³-hybridized carbons (Fsp3) is 0. The molecule has 8 rings (SSSR count). The van der Waals surface area contributed by atoms with E-state index in [1.807, 2.05) is 11.3 Å². The highest BCUT2D eigenvalue weighted by atomic mass is 32.1. The summed E-state index contributed by atoms with van der Waals surface area (Å²) in [6.07, 6.45) is 0. The van der Waals surface area contributed by atoms with Crippen molar-refractivity contribution < 1.29 is 0 Å². The van der Waals surface area contributed by atoms with Gasteiger partial charge in [0.05, 0.1) is 11.0 Å². The molecule has 0 aliphatic heterocycles. The van der Waals surface area contributed by atoms with Crippen LogP contribution < -0.4 is 4.90 Å². The van der Waals surface area contributed by atoms with E-state index in [9.17, 15) is 0 Å². The Kier molecular flexibility index (Phi) is 5.04. The third-order valence-corrected chi connectivity index (χ3v) is 8.69. The van der Waals surface area contributed by atoms with E-state index in [1.165, 1.54) is 47.7 Å². The Labute approximate surface area is 230 Å². The summed E-state index contributed by atoms with van der Waals surface area (Å²) in [7, 11) is 0. The Balaban J connectivity index is 1.50.